The Labute approximate surface area is 119 Å². The molecule has 2 N–H and O–H groups in total. The number of hydrogen-bond acceptors (Lipinski definition) is 4. The van der Waals surface area contributed by atoms with Crippen LogP contribution in [0, 0.1) is 5.82 Å². The molecule has 0 heterocycles. The second-order valence-electron chi connectivity index (χ2n) is 4.61. The maximum absolute atomic E-state index is 13.1. The zero-order valence-electron chi connectivity index (χ0n) is 12.1. The van der Waals surface area contributed by atoms with Gasteiger partial charge in [-0.2, -0.15) is 0 Å². The van der Waals surface area contributed by atoms with Crippen LogP contribution in [0.5, 0.6) is 0 Å². The fraction of sp³-hybridized carbons (Fsp3) is 0.600. The molecule has 4 nitrogen and oxygen atoms in total. The predicted molar refractivity (Wildman–Crippen MR) is 76.1 cm³/mol. The summed E-state index contributed by atoms with van der Waals surface area (Å²) in [6.45, 7) is 6.19. The van der Waals surface area contributed by atoms with Gasteiger partial charge in [-0.05, 0) is 31.5 Å². The summed E-state index contributed by atoms with van der Waals surface area (Å²) in [7, 11) is 0. The maximum atomic E-state index is 13.1. The van der Waals surface area contributed by atoms with Gasteiger partial charge in [0.25, 0.3) is 0 Å². The quantitative estimate of drug-likeness (QED) is 0.645. The lowest BCUT2D eigenvalue weighted by Gasteiger charge is -2.17. The van der Waals surface area contributed by atoms with Crippen molar-refractivity contribution >= 4 is 0 Å². The first-order valence-corrected chi connectivity index (χ1v) is 6.96. The van der Waals surface area contributed by atoms with Crippen LogP contribution in [-0.2, 0) is 9.47 Å². The molecule has 0 aliphatic carbocycles. The van der Waals surface area contributed by atoms with E-state index in [1.165, 1.54) is 12.1 Å². The standard InChI is InChI=1S/C15H24FNO3/c1-3-19-7-8-20-11-15(18)10-17-12(2)13-5-4-6-14(16)9-13/h4-6,9,12,15,17-18H,3,7-8,10-11H2,1-2H3/t12-,15?/m0/s1. The Bertz CT molecular complexity index is 376. The molecule has 0 saturated heterocycles. The molecule has 0 radical (unpaired) electrons. The summed E-state index contributed by atoms with van der Waals surface area (Å²) in [5, 5.41) is 12.9. The van der Waals surface area contributed by atoms with Crippen molar-refractivity contribution in [1.82, 2.24) is 5.32 Å². The van der Waals surface area contributed by atoms with Crippen LogP contribution in [0.25, 0.3) is 0 Å². The van der Waals surface area contributed by atoms with E-state index in [0.717, 1.165) is 5.56 Å². The first-order valence-electron chi connectivity index (χ1n) is 6.96. The largest absolute Gasteiger partial charge is 0.389 e. The number of halogens is 1. The van der Waals surface area contributed by atoms with Crippen LogP contribution in [-0.4, -0.2) is 44.2 Å². The molecule has 114 valence electrons. The van der Waals surface area contributed by atoms with E-state index in [-0.39, 0.29) is 18.5 Å². The second-order valence-corrected chi connectivity index (χ2v) is 4.61. The van der Waals surface area contributed by atoms with Gasteiger partial charge in [-0.25, -0.2) is 4.39 Å². The summed E-state index contributed by atoms with van der Waals surface area (Å²) in [5.74, 6) is -0.254. The van der Waals surface area contributed by atoms with E-state index in [0.29, 0.717) is 26.4 Å². The van der Waals surface area contributed by atoms with Crippen LogP contribution < -0.4 is 5.32 Å². The minimum atomic E-state index is -0.590. The summed E-state index contributed by atoms with van der Waals surface area (Å²) in [4.78, 5) is 0. The minimum Gasteiger partial charge on any atom is -0.389 e. The Hall–Kier alpha value is -1.01. The van der Waals surface area contributed by atoms with E-state index < -0.39 is 6.10 Å². The molecule has 1 rings (SSSR count). The molecule has 1 aromatic carbocycles. The zero-order chi connectivity index (χ0) is 14.8. The van der Waals surface area contributed by atoms with Crippen molar-refractivity contribution in [2.45, 2.75) is 26.0 Å². The Morgan fingerprint density at radius 1 is 1.30 bits per heavy atom. The van der Waals surface area contributed by atoms with Gasteiger partial charge in [-0.3, -0.25) is 0 Å². The molecule has 1 unspecified atom stereocenters. The van der Waals surface area contributed by atoms with Crippen molar-refractivity contribution in [2.75, 3.05) is 33.0 Å². The molecule has 0 saturated carbocycles. The van der Waals surface area contributed by atoms with Crippen molar-refractivity contribution < 1.29 is 19.0 Å². The third-order valence-corrected chi connectivity index (χ3v) is 2.89. The van der Waals surface area contributed by atoms with Crippen molar-refractivity contribution in [2.24, 2.45) is 0 Å². The lowest BCUT2D eigenvalue weighted by atomic mass is 10.1. The first kappa shape index (κ1) is 17.0. The molecule has 20 heavy (non-hydrogen) atoms. The lowest BCUT2D eigenvalue weighted by Crippen LogP contribution is -2.32. The summed E-state index contributed by atoms with van der Waals surface area (Å²) < 4.78 is 23.5. The first-order chi connectivity index (χ1) is 9.63. The number of aliphatic hydroxyl groups is 1. The van der Waals surface area contributed by atoms with Crippen molar-refractivity contribution in [3.05, 3.63) is 35.6 Å². The molecule has 0 amide bonds. The van der Waals surface area contributed by atoms with E-state index in [1.54, 1.807) is 6.07 Å². The Morgan fingerprint density at radius 2 is 2.05 bits per heavy atom. The minimum absolute atomic E-state index is 0.0243. The maximum Gasteiger partial charge on any atom is 0.123 e. The number of rotatable bonds is 10. The number of hydrogen-bond donors (Lipinski definition) is 2. The number of nitrogens with one attached hydrogen (secondary N) is 1. The lowest BCUT2D eigenvalue weighted by molar-refractivity contribution is 0.00586. The van der Waals surface area contributed by atoms with Gasteiger partial charge in [0.1, 0.15) is 5.82 Å². The molecular formula is C15H24FNO3. The van der Waals surface area contributed by atoms with Gasteiger partial charge in [-0.1, -0.05) is 12.1 Å². The topological polar surface area (TPSA) is 50.7 Å². The van der Waals surface area contributed by atoms with Crippen LogP contribution in [0.4, 0.5) is 4.39 Å². The molecule has 0 aromatic heterocycles. The molecule has 0 aliphatic rings. The summed E-state index contributed by atoms with van der Waals surface area (Å²) in [5.41, 5.74) is 0.856. The van der Waals surface area contributed by atoms with E-state index in [1.807, 2.05) is 19.9 Å². The molecule has 0 aliphatic heterocycles. The van der Waals surface area contributed by atoms with E-state index in [2.05, 4.69) is 5.32 Å². The Balaban J connectivity index is 2.18. The highest BCUT2D eigenvalue weighted by Crippen LogP contribution is 2.13. The molecule has 0 spiro atoms. The fourth-order valence-electron chi connectivity index (χ4n) is 1.75. The molecule has 1 aromatic rings. The average molecular weight is 285 g/mol. The third-order valence-electron chi connectivity index (χ3n) is 2.89. The highest BCUT2D eigenvalue weighted by atomic mass is 19.1. The summed E-state index contributed by atoms with van der Waals surface area (Å²) >= 11 is 0. The van der Waals surface area contributed by atoms with E-state index >= 15 is 0 Å². The summed E-state index contributed by atoms with van der Waals surface area (Å²) in [6, 6.07) is 6.41. The summed E-state index contributed by atoms with van der Waals surface area (Å²) in [6.07, 6.45) is -0.590. The predicted octanol–water partition coefficient (Wildman–Crippen LogP) is 1.89. The zero-order valence-corrected chi connectivity index (χ0v) is 12.1. The monoisotopic (exact) mass is 285 g/mol. The Morgan fingerprint density at radius 3 is 2.75 bits per heavy atom. The van der Waals surface area contributed by atoms with Gasteiger partial charge >= 0.3 is 0 Å². The molecule has 0 bridgehead atoms. The van der Waals surface area contributed by atoms with Crippen LogP contribution >= 0.6 is 0 Å². The van der Waals surface area contributed by atoms with Crippen LogP contribution in [0.3, 0.4) is 0 Å². The molecule has 0 fully saturated rings. The molecule has 2 atom stereocenters. The second kappa shape index (κ2) is 9.83. The number of ether oxygens (including phenoxy) is 2. The van der Waals surface area contributed by atoms with Gasteiger partial charge in [0.15, 0.2) is 0 Å². The smallest absolute Gasteiger partial charge is 0.123 e. The van der Waals surface area contributed by atoms with E-state index in [4.69, 9.17) is 9.47 Å². The van der Waals surface area contributed by atoms with Gasteiger partial charge in [0.05, 0.1) is 25.9 Å². The molecule has 5 heteroatoms. The fourth-order valence-corrected chi connectivity index (χ4v) is 1.75. The normalized spacial score (nSPS) is 14.2. The SMILES string of the molecule is CCOCCOCC(O)CN[C@@H](C)c1cccc(F)c1. The van der Waals surface area contributed by atoms with Crippen LogP contribution in [0.1, 0.15) is 25.5 Å². The van der Waals surface area contributed by atoms with Crippen molar-refractivity contribution in [3.63, 3.8) is 0 Å². The Kier molecular flexibility index (Phi) is 8.37. The number of benzene rings is 1. The van der Waals surface area contributed by atoms with Gasteiger partial charge in [0.2, 0.25) is 0 Å². The highest BCUT2D eigenvalue weighted by Gasteiger charge is 2.09. The van der Waals surface area contributed by atoms with Gasteiger partial charge in [-0.15, -0.1) is 0 Å². The van der Waals surface area contributed by atoms with Crippen LogP contribution in [0.2, 0.25) is 0 Å². The average Bonchev–Trinajstić information content (AvgIpc) is 2.44. The third kappa shape index (κ3) is 6.96. The van der Waals surface area contributed by atoms with Gasteiger partial charge < -0.3 is 19.9 Å². The van der Waals surface area contributed by atoms with Crippen molar-refractivity contribution in [3.8, 4) is 0 Å². The van der Waals surface area contributed by atoms with E-state index in [9.17, 15) is 9.50 Å². The molecular weight excluding hydrogens is 261 g/mol. The van der Waals surface area contributed by atoms with Crippen molar-refractivity contribution in [1.29, 1.82) is 0 Å². The highest BCUT2D eigenvalue weighted by molar-refractivity contribution is 5.19. The number of aliphatic hydroxyl groups excluding tert-OH is 1. The van der Waals surface area contributed by atoms with Crippen LogP contribution in [0.15, 0.2) is 24.3 Å². The van der Waals surface area contributed by atoms with Gasteiger partial charge in [0, 0.05) is 19.2 Å².